The summed E-state index contributed by atoms with van der Waals surface area (Å²) in [5, 5.41) is 0. The Labute approximate surface area is 74.0 Å². The Balaban J connectivity index is 3.99. The predicted octanol–water partition coefficient (Wildman–Crippen LogP) is 1.75. The van der Waals surface area contributed by atoms with Crippen LogP contribution in [0.5, 0.6) is 0 Å². The van der Waals surface area contributed by atoms with Crippen LogP contribution in [0.15, 0.2) is 0 Å². The number of methoxy groups -OCH3 is 1. The third kappa shape index (κ3) is 3.72. The first kappa shape index (κ1) is 11.4. The monoisotopic (exact) mass is 174 g/mol. The molecule has 0 radical (unpaired) electrons. The van der Waals surface area contributed by atoms with Crippen LogP contribution in [0.3, 0.4) is 0 Å². The minimum Gasteiger partial charge on any atom is -0.467 e. The third-order valence-electron chi connectivity index (χ3n) is 1.88. The number of hydrogen-bond donors (Lipinski definition) is 0. The van der Waals surface area contributed by atoms with Gasteiger partial charge in [-0.2, -0.15) is 0 Å². The highest BCUT2D eigenvalue weighted by Gasteiger charge is 2.23. The van der Waals surface area contributed by atoms with Crippen LogP contribution in [0.1, 0.15) is 34.1 Å². The number of carbonyl (C=O) groups excluding carboxylic acids is 1. The van der Waals surface area contributed by atoms with Crippen molar-refractivity contribution in [3.63, 3.8) is 0 Å². The van der Waals surface area contributed by atoms with E-state index in [4.69, 9.17) is 4.74 Å². The van der Waals surface area contributed by atoms with Crippen LogP contribution in [0.2, 0.25) is 0 Å². The van der Waals surface area contributed by atoms with Gasteiger partial charge in [0.05, 0.1) is 12.7 Å². The molecule has 0 aromatic heterocycles. The second-order valence-corrected chi connectivity index (χ2v) is 3.40. The highest BCUT2D eigenvalue weighted by Crippen LogP contribution is 2.16. The molecule has 0 rings (SSSR count). The summed E-state index contributed by atoms with van der Waals surface area (Å²) in [5.41, 5.74) is -0.256. The van der Waals surface area contributed by atoms with Gasteiger partial charge in [-0.3, -0.25) is 0 Å². The minimum atomic E-state index is -0.482. The normalized spacial score (nSPS) is 14.1. The first-order valence-electron chi connectivity index (χ1n) is 4.18. The van der Waals surface area contributed by atoms with Gasteiger partial charge in [-0.15, -0.1) is 0 Å². The second kappa shape index (κ2) is 4.45. The van der Waals surface area contributed by atoms with Crippen molar-refractivity contribution in [1.29, 1.82) is 0 Å². The van der Waals surface area contributed by atoms with Gasteiger partial charge in [-0.25, -0.2) is 4.79 Å². The molecule has 0 aromatic carbocycles. The van der Waals surface area contributed by atoms with Crippen molar-refractivity contribution in [2.24, 2.45) is 0 Å². The number of ether oxygens (including phenoxy) is 2. The Hall–Kier alpha value is -0.570. The van der Waals surface area contributed by atoms with Gasteiger partial charge in [0.2, 0.25) is 0 Å². The Morgan fingerprint density at radius 1 is 1.50 bits per heavy atom. The van der Waals surface area contributed by atoms with Crippen molar-refractivity contribution < 1.29 is 14.3 Å². The Bertz CT molecular complexity index is 152. The van der Waals surface area contributed by atoms with Crippen molar-refractivity contribution >= 4 is 5.97 Å². The summed E-state index contributed by atoms with van der Waals surface area (Å²) in [5.74, 6) is -0.323. The maximum Gasteiger partial charge on any atom is 0.334 e. The van der Waals surface area contributed by atoms with Gasteiger partial charge in [0.15, 0.2) is 6.10 Å². The van der Waals surface area contributed by atoms with Gasteiger partial charge in [-0.05, 0) is 27.2 Å². The van der Waals surface area contributed by atoms with Crippen molar-refractivity contribution in [3.05, 3.63) is 0 Å². The molecule has 0 spiro atoms. The lowest BCUT2D eigenvalue weighted by Gasteiger charge is -2.26. The lowest BCUT2D eigenvalue weighted by molar-refractivity contribution is -0.163. The second-order valence-electron chi connectivity index (χ2n) is 3.40. The molecule has 0 aliphatic rings. The zero-order valence-electron chi connectivity index (χ0n) is 8.51. The third-order valence-corrected chi connectivity index (χ3v) is 1.88. The Morgan fingerprint density at radius 2 is 2.00 bits per heavy atom. The standard InChI is InChI=1S/C9H18O3/c1-6-9(3,4)12-7(2)8(10)11-5/h7H,6H2,1-5H3/t7-/m0/s1. The molecule has 12 heavy (non-hydrogen) atoms. The van der Waals surface area contributed by atoms with Crippen LogP contribution in [-0.4, -0.2) is 24.8 Å². The molecule has 0 saturated heterocycles. The first-order chi connectivity index (χ1) is 5.43. The number of hydrogen-bond acceptors (Lipinski definition) is 3. The van der Waals surface area contributed by atoms with Gasteiger partial charge in [-0.1, -0.05) is 6.92 Å². The van der Waals surface area contributed by atoms with Crippen LogP contribution in [0.25, 0.3) is 0 Å². The van der Waals surface area contributed by atoms with Crippen LogP contribution >= 0.6 is 0 Å². The van der Waals surface area contributed by atoms with Crippen molar-refractivity contribution in [2.45, 2.75) is 45.8 Å². The molecule has 0 bridgehead atoms. The predicted molar refractivity (Wildman–Crippen MR) is 46.9 cm³/mol. The smallest absolute Gasteiger partial charge is 0.334 e. The van der Waals surface area contributed by atoms with E-state index in [1.54, 1.807) is 6.92 Å². The number of esters is 1. The lowest BCUT2D eigenvalue weighted by Crippen LogP contribution is -2.33. The molecular formula is C9H18O3. The van der Waals surface area contributed by atoms with Gasteiger partial charge in [0.1, 0.15) is 0 Å². The fourth-order valence-electron chi connectivity index (χ4n) is 0.776. The molecule has 0 aliphatic carbocycles. The highest BCUT2D eigenvalue weighted by atomic mass is 16.6. The summed E-state index contributed by atoms with van der Waals surface area (Å²) in [6.45, 7) is 7.62. The fourth-order valence-corrected chi connectivity index (χ4v) is 0.776. The quantitative estimate of drug-likeness (QED) is 0.609. The van der Waals surface area contributed by atoms with E-state index in [2.05, 4.69) is 4.74 Å². The molecule has 0 N–H and O–H groups in total. The molecule has 0 fully saturated rings. The molecule has 3 nitrogen and oxygen atoms in total. The average molecular weight is 174 g/mol. The van der Waals surface area contributed by atoms with E-state index < -0.39 is 6.10 Å². The van der Waals surface area contributed by atoms with E-state index in [1.165, 1.54) is 7.11 Å². The van der Waals surface area contributed by atoms with Crippen molar-refractivity contribution in [3.8, 4) is 0 Å². The zero-order valence-corrected chi connectivity index (χ0v) is 8.51. The molecule has 72 valence electrons. The topological polar surface area (TPSA) is 35.5 Å². The van der Waals surface area contributed by atoms with Crippen LogP contribution < -0.4 is 0 Å². The largest absolute Gasteiger partial charge is 0.467 e. The molecule has 0 amide bonds. The maximum absolute atomic E-state index is 11.0. The van der Waals surface area contributed by atoms with Crippen LogP contribution in [0, 0.1) is 0 Å². The summed E-state index contributed by atoms with van der Waals surface area (Å²) >= 11 is 0. The molecule has 1 atom stereocenters. The summed E-state index contributed by atoms with van der Waals surface area (Å²) in [6, 6.07) is 0. The summed E-state index contributed by atoms with van der Waals surface area (Å²) in [6.07, 6.45) is 0.388. The van der Waals surface area contributed by atoms with Gasteiger partial charge in [0, 0.05) is 0 Å². The number of rotatable bonds is 4. The van der Waals surface area contributed by atoms with Gasteiger partial charge < -0.3 is 9.47 Å². The van der Waals surface area contributed by atoms with E-state index in [9.17, 15) is 4.79 Å². The maximum atomic E-state index is 11.0. The molecule has 0 aromatic rings. The van der Waals surface area contributed by atoms with E-state index in [1.807, 2.05) is 20.8 Å². The summed E-state index contributed by atoms with van der Waals surface area (Å²) in [7, 11) is 1.36. The molecule has 0 unspecified atom stereocenters. The molecule has 0 aliphatic heterocycles. The lowest BCUT2D eigenvalue weighted by atomic mass is 10.1. The van der Waals surface area contributed by atoms with Gasteiger partial charge >= 0.3 is 5.97 Å². The molecule has 3 heteroatoms. The van der Waals surface area contributed by atoms with Gasteiger partial charge in [0.25, 0.3) is 0 Å². The molecule has 0 saturated carbocycles. The highest BCUT2D eigenvalue weighted by molar-refractivity contribution is 5.74. The van der Waals surface area contributed by atoms with Crippen molar-refractivity contribution in [1.82, 2.24) is 0 Å². The molecule has 0 heterocycles. The average Bonchev–Trinajstić information content (AvgIpc) is 2.02. The summed E-state index contributed by atoms with van der Waals surface area (Å²) < 4.78 is 10.0. The summed E-state index contributed by atoms with van der Waals surface area (Å²) in [4.78, 5) is 11.0. The molecular weight excluding hydrogens is 156 g/mol. The SMILES string of the molecule is CCC(C)(C)O[C@@H](C)C(=O)OC. The number of carbonyl (C=O) groups is 1. The van der Waals surface area contributed by atoms with E-state index in [0.717, 1.165) is 6.42 Å². The van der Waals surface area contributed by atoms with E-state index in [-0.39, 0.29) is 11.6 Å². The minimum absolute atomic E-state index is 0.256. The zero-order chi connectivity index (χ0) is 9.78. The van der Waals surface area contributed by atoms with Crippen LogP contribution in [-0.2, 0) is 14.3 Å². The van der Waals surface area contributed by atoms with Crippen molar-refractivity contribution in [2.75, 3.05) is 7.11 Å². The fraction of sp³-hybridized carbons (Fsp3) is 0.889. The first-order valence-corrected chi connectivity index (χ1v) is 4.18. The van der Waals surface area contributed by atoms with E-state index in [0.29, 0.717) is 0 Å². The Morgan fingerprint density at radius 3 is 2.33 bits per heavy atom. The van der Waals surface area contributed by atoms with Crippen LogP contribution in [0.4, 0.5) is 0 Å². The van der Waals surface area contributed by atoms with E-state index >= 15 is 0 Å². The Kier molecular flexibility index (Phi) is 4.24.